The monoisotopic (exact) mass is 327 g/mol. The molecular formula is C21H17N3O. The molecule has 4 aromatic rings. The topological polar surface area (TPSA) is 57.8 Å². The van der Waals surface area contributed by atoms with Gasteiger partial charge in [0.15, 0.2) is 5.78 Å². The molecule has 1 heterocycles. The van der Waals surface area contributed by atoms with Crippen LogP contribution in [0.2, 0.25) is 0 Å². The third kappa shape index (κ3) is 2.90. The molecule has 122 valence electrons. The number of carbonyl (C=O) groups is 1. The van der Waals surface area contributed by atoms with Gasteiger partial charge in [-0.05, 0) is 42.5 Å². The van der Waals surface area contributed by atoms with E-state index in [0.29, 0.717) is 11.1 Å². The number of imidazole rings is 1. The van der Waals surface area contributed by atoms with Crippen LogP contribution in [0.3, 0.4) is 0 Å². The first kappa shape index (κ1) is 15.1. The lowest BCUT2D eigenvalue weighted by atomic mass is 10.0. The fourth-order valence-electron chi connectivity index (χ4n) is 2.84. The molecule has 0 saturated heterocycles. The number of nitrogens with one attached hydrogen (secondary N) is 2. The zero-order chi connectivity index (χ0) is 17.2. The van der Waals surface area contributed by atoms with Crippen LogP contribution in [0.4, 0.5) is 5.69 Å². The number of aromatic nitrogens is 2. The van der Waals surface area contributed by atoms with Gasteiger partial charge in [0.2, 0.25) is 0 Å². The van der Waals surface area contributed by atoms with Crippen molar-refractivity contribution in [3.05, 3.63) is 83.9 Å². The molecular weight excluding hydrogens is 310 g/mol. The highest BCUT2D eigenvalue weighted by Gasteiger charge is 2.11. The Hall–Kier alpha value is -3.40. The lowest BCUT2D eigenvalue weighted by Crippen LogP contribution is -2.00. The maximum absolute atomic E-state index is 12.6. The van der Waals surface area contributed by atoms with Gasteiger partial charge in [-0.3, -0.25) is 4.79 Å². The number of aromatic amines is 1. The fourth-order valence-corrected chi connectivity index (χ4v) is 2.84. The maximum atomic E-state index is 12.6. The van der Waals surface area contributed by atoms with Gasteiger partial charge in [0, 0.05) is 29.4 Å². The highest BCUT2D eigenvalue weighted by molar-refractivity contribution is 6.10. The summed E-state index contributed by atoms with van der Waals surface area (Å²) < 4.78 is 0. The maximum Gasteiger partial charge on any atom is 0.193 e. The lowest BCUT2D eigenvalue weighted by molar-refractivity contribution is 0.103. The predicted molar refractivity (Wildman–Crippen MR) is 101 cm³/mol. The molecule has 0 aliphatic heterocycles. The van der Waals surface area contributed by atoms with Gasteiger partial charge < -0.3 is 10.3 Å². The van der Waals surface area contributed by atoms with Gasteiger partial charge in [-0.15, -0.1) is 0 Å². The molecule has 0 spiro atoms. The van der Waals surface area contributed by atoms with E-state index in [0.717, 1.165) is 28.1 Å². The first-order chi connectivity index (χ1) is 12.2. The average Bonchev–Trinajstić information content (AvgIpc) is 3.11. The van der Waals surface area contributed by atoms with Gasteiger partial charge in [-0.1, -0.05) is 30.3 Å². The van der Waals surface area contributed by atoms with E-state index < -0.39 is 0 Å². The molecule has 0 radical (unpaired) electrons. The van der Waals surface area contributed by atoms with Crippen molar-refractivity contribution in [2.24, 2.45) is 0 Å². The minimum atomic E-state index is 0.0111. The van der Waals surface area contributed by atoms with Crippen LogP contribution in [0.1, 0.15) is 15.9 Å². The Labute approximate surface area is 145 Å². The van der Waals surface area contributed by atoms with Crippen molar-refractivity contribution in [2.45, 2.75) is 0 Å². The summed E-state index contributed by atoms with van der Waals surface area (Å²) in [6, 6.07) is 22.9. The van der Waals surface area contributed by atoms with Gasteiger partial charge in [-0.2, -0.15) is 0 Å². The second kappa shape index (κ2) is 6.24. The first-order valence-corrected chi connectivity index (χ1v) is 8.12. The molecule has 4 heteroatoms. The molecule has 1 aromatic heterocycles. The third-order valence-corrected chi connectivity index (χ3v) is 4.23. The van der Waals surface area contributed by atoms with Crippen molar-refractivity contribution in [3.63, 3.8) is 0 Å². The van der Waals surface area contributed by atoms with Crippen molar-refractivity contribution in [1.29, 1.82) is 0 Å². The van der Waals surface area contributed by atoms with Gasteiger partial charge >= 0.3 is 0 Å². The molecule has 0 aliphatic carbocycles. The molecule has 4 rings (SSSR count). The Bertz CT molecular complexity index is 1030. The second-order valence-corrected chi connectivity index (χ2v) is 5.84. The predicted octanol–water partition coefficient (Wildman–Crippen LogP) is 4.50. The van der Waals surface area contributed by atoms with E-state index in [-0.39, 0.29) is 5.78 Å². The minimum absolute atomic E-state index is 0.0111. The smallest absolute Gasteiger partial charge is 0.193 e. The Morgan fingerprint density at radius 1 is 0.920 bits per heavy atom. The summed E-state index contributed by atoms with van der Waals surface area (Å²) in [5.74, 6) is 0.805. The van der Waals surface area contributed by atoms with Crippen molar-refractivity contribution in [1.82, 2.24) is 9.97 Å². The summed E-state index contributed by atoms with van der Waals surface area (Å²) in [5.41, 5.74) is 5.09. The molecule has 0 bridgehead atoms. The number of fused-ring (bicyclic) bond motifs is 1. The quantitative estimate of drug-likeness (QED) is 0.543. The summed E-state index contributed by atoms with van der Waals surface area (Å²) in [6.45, 7) is 0. The summed E-state index contributed by atoms with van der Waals surface area (Å²) in [5, 5.41) is 3.10. The Morgan fingerprint density at radius 2 is 1.68 bits per heavy atom. The minimum Gasteiger partial charge on any atom is -0.388 e. The first-order valence-electron chi connectivity index (χ1n) is 8.12. The highest BCUT2D eigenvalue weighted by atomic mass is 16.1. The number of benzene rings is 3. The molecule has 0 saturated carbocycles. The summed E-state index contributed by atoms with van der Waals surface area (Å²) in [6.07, 6.45) is 0. The largest absolute Gasteiger partial charge is 0.388 e. The standard InChI is InChI=1S/C21H17N3O/c1-22-17-10-7-15(8-11-17)21-23-18-12-9-16(13-19(18)24-21)20(25)14-5-3-2-4-6-14/h2-13,22H,1H3,(H,23,24). The van der Waals surface area contributed by atoms with Crippen LogP contribution in [0.25, 0.3) is 22.4 Å². The van der Waals surface area contributed by atoms with Crippen LogP contribution in [-0.2, 0) is 0 Å². The van der Waals surface area contributed by atoms with E-state index in [1.807, 2.05) is 79.8 Å². The Kier molecular flexibility index (Phi) is 3.78. The molecule has 0 amide bonds. The molecule has 0 aliphatic rings. The number of nitrogens with zero attached hydrogens (tertiary/aromatic N) is 1. The van der Waals surface area contributed by atoms with E-state index >= 15 is 0 Å². The SMILES string of the molecule is CNc1ccc(-c2nc3ccc(C(=O)c4ccccc4)cc3[nH]2)cc1. The van der Waals surface area contributed by atoms with Crippen molar-refractivity contribution >= 4 is 22.5 Å². The zero-order valence-corrected chi connectivity index (χ0v) is 13.8. The number of anilines is 1. The number of rotatable bonds is 4. The van der Waals surface area contributed by atoms with Crippen LogP contribution < -0.4 is 5.32 Å². The second-order valence-electron chi connectivity index (χ2n) is 5.84. The van der Waals surface area contributed by atoms with Gasteiger partial charge in [-0.25, -0.2) is 4.98 Å². The molecule has 25 heavy (non-hydrogen) atoms. The third-order valence-electron chi connectivity index (χ3n) is 4.23. The zero-order valence-electron chi connectivity index (χ0n) is 13.8. The van der Waals surface area contributed by atoms with E-state index in [1.54, 1.807) is 0 Å². The van der Waals surface area contributed by atoms with Crippen LogP contribution in [-0.4, -0.2) is 22.8 Å². The number of hydrogen-bond donors (Lipinski definition) is 2. The number of H-pyrrole nitrogens is 1. The van der Waals surface area contributed by atoms with Crippen LogP contribution in [0.15, 0.2) is 72.8 Å². The van der Waals surface area contributed by atoms with Gasteiger partial charge in [0.05, 0.1) is 11.0 Å². The van der Waals surface area contributed by atoms with Crippen molar-refractivity contribution in [3.8, 4) is 11.4 Å². The van der Waals surface area contributed by atoms with E-state index in [9.17, 15) is 4.79 Å². The molecule has 4 nitrogen and oxygen atoms in total. The van der Waals surface area contributed by atoms with Crippen LogP contribution in [0.5, 0.6) is 0 Å². The molecule has 0 atom stereocenters. The highest BCUT2D eigenvalue weighted by Crippen LogP contribution is 2.23. The summed E-state index contributed by atoms with van der Waals surface area (Å²) in [7, 11) is 1.89. The van der Waals surface area contributed by atoms with Crippen molar-refractivity contribution in [2.75, 3.05) is 12.4 Å². The summed E-state index contributed by atoms with van der Waals surface area (Å²) >= 11 is 0. The normalized spacial score (nSPS) is 10.8. The van der Waals surface area contributed by atoms with Gasteiger partial charge in [0.1, 0.15) is 5.82 Å². The van der Waals surface area contributed by atoms with Crippen molar-refractivity contribution < 1.29 is 4.79 Å². The van der Waals surface area contributed by atoms with E-state index in [1.165, 1.54) is 0 Å². The number of hydrogen-bond acceptors (Lipinski definition) is 3. The fraction of sp³-hybridized carbons (Fsp3) is 0.0476. The van der Waals surface area contributed by atoms with E-state index in [2.05, 4.69) is 15.3 Å². The number of ketones is 1. The molecule has 3 aromatic carbocycles. The van der Waals surface area contributed by atoms with Crippen LogP contribution >= 0.6 is 0 Å². The molecule has 0 fully saturated rings. The Balaban J connectivity index is 1.70. The molecule has 0 unspecified atom stereocenters. The Morgan fingerprint density at radius 3 is 2.40 bits per heavy atom. The summed E-state index contributed by atoms with van der Waals surface area (Å²) in [4.78, 5) is 20.5. The van der Waals surface area contributed by atoms with Crippen LogP contribution in [0, 0.1) is 0 Å². The number of carbonyl (C=O) groups excluding carboxylic acids is 1. The average molecular weight is 327 g/mol. The van der Waals surface area contributed by atoms with Gasteiger partial charge in [0.25, 0.3) is 0 Å². The van der Waals surface area contributed by atoms with E-state index in [4.69, 9.17) is 0 Å². The lowest BCUT2D eigenvalue weighted by Gasteiger charge is -2.01. The molecule has 2 N–H and O–H groups in total.